The molecule has 1 aromatic heterocycles. The maximum Gasteiger partial charge on any atom is 0.127 e. The molecule has 1 aromatic rings. The Morgan fingerprint density at radius 1 is 1.50 bits per heavy atom. The maximum atomic E-state index is 9.55. The van der Waals surface area contributed by atoms with E-state index in [-0.39, 0.29) is 12.0 Å². The summed E-state index contributed by atoms with van der Waals surface area (Å²) in [5.74, 6) is 0.674. The van der Waals surface area contributed by atoms with Crippen molar-refractivity contribution in [1.29, 1.82) is 5.26 Å². The minimum atomic E-state index is -0.136. The quantitative estimate of drug-likeness (QED) is 0.834. The molecule has 0 aromatic carbocycles. The second-order valence-electron chi connectivity index (χ2n) is 4.67. The number of aliphatic hydroxyl groups excluding tert-OH is 1. The topological polar surface area (TPSA) is 78.2 Å². The van der Waals surface area contributed by atoms with E-state index < -0.39 is 0 Å². The molecular formula is C13H17N3O2. The van der Waals surface area contributed by atoms with Crippen LogP contribution >= 0.6 is 0 Å². The third kappa shape index (κ3) is 2.97. The largest absolute Gasteiger partial charge is 0.396 e. The monoisotopic (exact) mass is 247 g/mol. The number of anilines is 1. The van der Waals surface area contributed by atoms with Gasteiger partial charge in [-0.1, -0.05) is 0 Å². The first kappa shape index (κ1) is 12.8. The Balaban J connectivity index is 1.99. The van der Waals surface area contributed by atoms with Crippen LogP contribution in [0.5, 0.6) is 0 Å². The first-order valence-corrected chi connectivity index (χ1v) is 6.07. The molecule has 18 heavy (non-hydrogen) atoms. The molecule has 96 valence electrons. The second-order valence-corrected chi connectivity index (χ2v) is 4.67. The standard InChI is InChI=1S/C13H17N3O2/c14-8-11-1-4-15-12(7-11)16-9-13(10-17)2-5-18-6-3-13/h1,4,7,17H,2-3,5-6,9-10H2,(H,15,16). The van der Waals surface area contributed by atoms with Crippen molar-refractivity contribution in [3.63, 3.8) is 0 Å². The van der Waals surface area contributed by atoms with Gasteiger partial charge < -0.3 is 15.2 Å². The minimum absolute atomic E-state index is 0.136. The molecule has 2 rings (SSSR count). The van der Waals surface area contributed by atoms with E-state index in [2.05, 4.69) is 16.4 Å². The van der Waals surface area contributed by atoms with E-state index in [1.807, 2.05) is 0 Å². The minimum Gasteiger partial charge on any atom is -0.396 e. The van der Waals surface area contributed by atoms with Gasteiger partial charge >= 0.3 is 0 Å². The maximum absolute atomic E-state index is 9.55. The Hall–Kier alpha value is -1.64. The number of nitrogens with one attached hydrogen (secondary N) is 1. The first-order valence-electron chi connectivity index (χ1n) is 6.07. The van der Waals surface area contributed by atoms with Gasteiger partial charge in [0, 0.05) is 31.4 Å². The molecule has 2 heterocycles. The van der Waals surface area contributed by atoms with Crippen LogP contribution in [0.15, 0.2) is 18.3 Å². The number of hydrogen-bond acceptors (Lipinski definition) is 5. The van der Waals surface area contributed by atoms with Crippen LogP contribution in [-0.4, -0.2) is 36.5 Å². The van der Waals surface area contributed by atoms with Crippen LogP contribution in [0.2, 0.25) is 0 Å². The Bertz CT molecular complexity index is 436. The van der Waals surface area contributed by atoms with Gasteiger partial charge in [-0.2, -0.15) is 5.26 Å². The van der Waals surface area contributed by atoms with Crippen molar-refractivity contribution >= 4 is 5.82 Å². The van der Waals surface area contributed by atoms with Crippen LogP contribution < -0.4 is 5.32 Å². The summed E-state index contributed by atoms with van der Waals surface area (Å²) in [5, 5.41) is 21.6. The van der Waals surface area contributed by atoms with E-state index in [0.29, 0.717) is 31.1 Å². The molecule has 0 bridgehead atoms. The summed E-state index contributed by atoms with van der Waals surface area (Å²) in [7, 11) is 0. The molecule has 0 spiro atoms. The molecular weight excluding hydrogens is 230 g/mol. The molecule has 5 nitrogen and oxygen atoms in total. The third-order valence-corrected chi connectivity index (χ3v) is 3.42. The van der Waals surface area contributed by atoms with Gasteiger partial charge in [-0.05, 0) is 25.0 Å². The second kappa shape index (κ2) is 5.80. The van der Waals surface area contributed by atoms with Crippen molar-refractivity contribution in [3.05, 3.63) is 23.9 Å². The van der Waals surface area contributed by atoms with Crippen molar-refractivity contribution in [3.8, 4) is 6.07 Å². The van der Waals surface area contributed by atoms with Crippen molar-refractivity contribution < 1.29 is 9.84 Å². The highest BCUT2D eigenvalue weighted by Crippen LogP contribution is 2.30. The van der Waals surface area contributed by atoms with Gasteiger partial charge in [0.05, 0.1) is 18.2 Å². The first-order chi connectivity index (χ1) is 8.78. The molecule has 5 heteroatoms. The molecule has 1 saturated heterocycles. The highest BCUT2D eigenvalue weighted by atomic mass is 16.5. The number of aromatic nitrogens is 1. The van der Waals surface area contributed by atoms with Gasteiger partial charge in [0.25, 0.3) is 0 Å². The number of ether oxygens (including phenoxy) is 1. The number of aliphatic hydroxyl groups is 1. The predicted molar refractivity (Wildman–Crippen MR) is 67.0 cm³/mol. The zero-order chi connectivity index (χ0) is 12.8. The van der Waals surface area contributed by atoms with Crippen LogP contribution in [0, 0.1) is 16.7 Å². The summed E-state index contributed by atoms with van der Waals surface area (Å²) in [6.45, 7) is 2.16. The lowest BCUT2D eigenvalue weighted by atomic mass is 9.81. The lowest BCUT2D eigenvalue weighted by Gasteiger charge is -2.35. The van der Waals surface area contributed by atoms with Gasteiger partial charge in [0.2, 0.25) is 0 Å². The molecule has 0 amide bonds. The number of hydrogen-bond donors (Lipinski definition) is 2. The van der Waals surface area contributed by atoms with Crippen LogP contribution in [0.4, 0.5) is 5.82 Å². The van der Waals surface area contributed by atoms with Gasteiger partial charge in [0.15, 0.2) is 0 Å². The lowest BCUT2D eigenvalue weighted by Crippen LogP contribution is -2.39. The fraction of sp³-hybridized carbons (Fsp3) is 0.538. The average Bonchev–Trinajstić information content (AvgIpc) is 2.46. The van der Waals surface area contributed by atoms with Crippen molar-refractivity contribution in [2.24, 2.45) is 5.41 Å². The van der Waals surface area contributed by atoms with E-state index in [1.54, 1.807) is 18.3 Å². The lowest BCUT2D eigenvalue weighted by molar-refractivity contribution is -0.00861. The SMILES string of the molecule is N#Cc1ccnc(NCC2(CO)CCOCC2)c1. The van der Waals surface area contributed by atoms with Gasteiger partial charge in [-0.3, -0.25) is 0 Å². The summed E-state index contributed by atoms with van der Waals surface area (Å²) < 4.78 is 5.32. The third-order valence-electron chi connectivity index (χ3n) is 3.42. The van der Waals surface area contributed by atoms with Crippen LogP contribution in [0.25, 0.3) is 0 Å². The van der Waals surface area contributed by atoms with Gasteiger partial charge in [-0.15, -0.1) is 0 Å². The zero-order valence-corrected chi connectivity index (χ0v) is 10.2. The van der Waals surface area contributed by atoms with Gasteiger partial charge in [-0.25, -0.2) is 4.98 Å². The van der Waals surface area contributed by atoms with Crippen LogP contribution in [0.3, 0.4) is 0 Å². The number of pyridine rings is 1. The van der Waals surface area contributed by atoms with Gasteiger partial charge in [0.1, 0.15) is 5.82 Å². The zero-order valence-electron chi connectivity index (χ0n) is 10.2. The number of nitrogens with zero attached hydrogens (tertiary/aromatic N) is 2. The highest BCUT2D eigenvalue weighted by molar-refractivity contribution is 5.42. The summed E-state index contributed by atoms with van der Waals surface area (Å²) in [6.07, 6.45) is 3.29. The van der Waals surface area contributed by atoms with Crippen LogP contribution in [0.1, 0.15) is 18.4 Å². The average molecular weight is 247 g/mol. The van der Waals surface area contributed by atoms with Crippen molar-refractivity contribution in [2.45, 2.75) is 12.8 Å². The molecule has 0 radical (unpaired) electrons. The fourth-order valence-electron chi connectivity index (χ4n) is 2.07. The molecule has 1 aliphatic rings. The normalized spacial score (nSPS) is 18.0. The van der Waals surface area contributed by atoms with Crippen LogP contribution in [-0.2, 0) is 4.74 Å². The molecule has 1 aliphatic heterocycles. The summed E-state index contributed by atoms with van der Waals surface area (Å²) in [6, 6.07) is 5.46. The van der Waals surface area contributed by atoms with E-state index in [9.17, 15) is 5.11 Å². The number of nitriles is 1. The molecule has 2 N–H and O–H groups in total. The summed E-state index contributed by atoms with van der Waals surface area (Å²) in [5.41, 5.74) is 0.445. The Kier molecular flexibility index (Phi) is 4.13. The number of rotatable bonds is 4. The Morgan fingerprint density at radius 2 is 2.28 bits per heavy atom. The van der Waals surface area contributed by atoms with E-state index in [0.717, 1.165) is 12.8 Å². The van der Waals surface area contributed by atoms with Crippen molar-refractivity contribution in [2.75, 3.05) is 31.7 Å². The van der Waals surface area contributed by atoms with E-state index >= 15 is 0 Å². The summed E-state index contributed by atoms with van der Waals surface area (Å²) in [4.78, 5) is 4.16. The summed E-state index contributed by atoms with van der Waals surface area (Å²) >= 11 is 0. The smallest absolute Gasteiger partial charge is 0.127 e. The van der Waals surface area contributed by atoms with E-state index in [4.69, 9.17) is 10.00 Å². The highest BCUT2D eigenvalue weighted by Gasteiger charge is 2.31. The molecule has 0 unspecified atom stereocenters. The van der Waals surface area contributed by atoms with E-state index in [1.165, 1.54) is 0 Å². The fourth-order valence-corrected chi connectivity index (χ4v) is 2.07. The van der Waals surface area contributed by atoms with Crippen molar-refractivity contribution in [1.82, 2.24) is 4.98 Å². The predicted octanol–water partition coefficient (Wildman–Crippen LogP) is 1.15. The molecule has 0 saturated carbocycles. The molecule has 0 aliphatic carbocycles. The Morgan fingerprint density at radius 3 is 2.94 bits per heavy atom. The molecule has 0 atom stereocenters. The Labute approximate surface area is 106 Å². The molecule has 1 fully saturated rings.